The Morgan fingerprint density at radius 3 is 1.69 bits per heavy atom. The van der Waals surface area contributed by atoms with Crippen molar-refractivity contribution in [2.24, 2.45) is 0 Å². The van der Waals surface area contributed by atoms with Crippen LogP contribution in [0.4, 0.5) is 0 Å². The molecule has 0 amide bonds. The quantitative estimate of drug-likeness (QED) is 0.329. The van der Waals surface area contributed by atoms with Gasteiger partial charge in [0.2, 0.25) is 0 Å². The van der Waals surface area contributed by atoms with E-state index >= 15 is 0 Å². The SMILES string of the molecule is CCO[Si](OCC)(OCC)OCCCCCl. The number of halogens is 1. The minimum Gasteiger partial charge on any atom is -0.351 e. The van der Waals surface area contributed by atoms with Gasteiger partial charge in [-0.3, -0.25) is 0 Å². The molecule has 0 saturated heterocycles. The normalized spacial score (nSPS) is 12.0. The number of hydrogen-bond donors (Lipinski definition) is 0. The van der Waals surface area contributed by atoms with Gasteiger partial charge >= 0.3 is 9.05 Å². The third-order valence-corrected chi connectivity index (χ3v) is 4.52. The van der Waals surface area contributed by atoms with Gasteiger partial charge in [-0.05, 0) is 33.6 Å². The third kappa shape index (κ3) is 6.83. The summed E-state index contributed by atoms with van der Waals surface area (Å²) in [4.78, 5) is 0. The Morgan fingerprint density at radius 2 is 1.31 bits per heavy atom. The van der Waals surface area contributed by atoms with Crippen LogP contribution in [0.1, 0.15) is 33.6 Å². The zero-order chi connectivity index (χ0) is 12.3. The molecule has 0 unspecified atom stereocenters. The van der Waals surface area contributed by atoms with Gasteiger partial charge in [0.1, 0.15) is 0 Å². The Balaban J connectivity index is 4.12. The summed E-state index contributed by atoms with van der Waals surface area (Å²) in [7, 11) is -2.89. The monoisotopic (exact) mass is 270 g/mol. The molecule has 0 saturated carbocycles. The van der Waals surface area contributed by atoms with Gasteiger partial charge in [-0.15, -0.1) is 11.6 Å². The Bertz CT molecular complexity index is 143. The van der Waals surface area contributed by atoms with Crippen LogP contribution in [0.3, 0.4) is 0 Å². The number of hydrogen-bond acceptors (Lipinski definition) is 4. The van der Waals surface area contributed by atoms with Crippen LogP contribution in [0.25, 0.3) is 0 Å². The van der Waals surface area contributed by atoms with E-state index in [9.17, 15) is 0 Å². The molecule has 0 atom stereocenters. The summed E-state index contributed by atoms with van der Waals surface area (Å²) in [5.74, 6) is 0.649. The van der Waals surface area contributed by atoms with Gasteiger partial charge in [-0.1, -0.05) is 0 Å². The maximum Gasteiger partial charge on any atom is 0.679 e. The van der Waals surface area contributed by atoms with Gasteiger partial charge in [-0.25, -0.2) is 0 Å². The molecule has 0 heterocycles. The van der Waals surface area contributed by atoms with Crippen molar-refractivity contribution in [2.75, 3.05) is 32.3 Å². The van der Waals surface area contributed by atoms with Gasteiger partial charge in [0.05, 0.1) is 0 Å². The highest BCUT2D eigenvalue weighted by Crippen LogP contribution is 2.12. The van der Waals surface area contributed by atoms with Crippen LogP contribution in [0.15, 0.2) is 0 Å². The molecule has 6 heteroatoms. The first kappa shape index (κ1) is 16.3. The highest BCUT2D eigenvalue weighted by molar-refractivity contribution is 6.53. The lowest BCUT2D eigenvalue weighted by Gasteiger charge is -2.26. The van der Waals surface area contributed by atoms with E-state index in [0.29, 0.717) is 32.3 Å². The zero-order valence-electron chi connectivity index (χ0n) is 10.5. The molecule has 0 aromatic heterocycles. The van der Waals surface area contributed by atoms with Crippen molar-refractivity contribution in [1.82, 2.24) is 0 Å². The first-order valence-electron chi connectivity index (χ1n) is 5.86. The molecule has 0 aliphatic heterocycles. The van der Waals surface area contributed by atoms with Crippen molar-refractivity contribution in [1.29, 1.82) is 0 Å². The minimum atomic E-state index is -2.89. The molecule has 0 N–H and O–H groups in total. The Kier molecular flexibility index (Phi) is 10.7. The van der Waals surface area contributed by atoms with E-state index in [2.05, 4.69) is 0 Å². The first-order valence-corrected chi connectivity index (χ1v) is 8.03. The summed E-state index contributed by atoms with van der Waals surface area (Å²) in [6.07, 6.45) is 1.82. The summed E-state index contributed by atoms with van der Waals surface area (Å²) in [6, 6.07) is 0. The third-order valence-electron chi connectivity index (χ3n) is 1.77. The van der Waals surface area contributed by atoms with E-state index in [-0.39, 0.29) is 0 Å². The van der Waals surface area contributed by atoms with Crippen LogP contribution < -0.4 is 0 Å². The molecule has 16 heavy (non-hydrogen) atoms. The van der Waals surface area contributed by atoms with Crippen LogP contribution >= 0.6 is 11.6 Å². The lowest BCUT2D eigenvalue weighted by Crippen LogP contribution is -2.49. The second kappa shape index (κ2) is 10.5. The maximum absolute atomic E-state index is 5.67. The number of unbranched alkanes of at least 4 members (excludes halogenated alkanes) is 1. The largest absolute Gasteiger partial charge is 0.679 e. The van der Waals surface area contributed by atoms with Crippen LogP contribution in [0, 0.1) is 0 Å². The topological polar surface area (TPSA) is 36.9 Å². The van der Waals surface area contributed by atoms with Crippen molar-refractivity contribution in [2.45, 2.75) is 33.6 Å². The molecular formula is C10H23ClO4Si. The molecule has 0 bridgehead atoms. The fraction of sp³-hybridized carbons (Fsp3) is 1.00. The van der Waals surface area contributed by atoms with Crippen molar-refractivity contribution in [3.8, 4) is 0 Å². The van der Waals surface area contributed by atoms with E-state index in [0.717, 1.165) is 12.8 Å². The fourth-order valence-electron chi connectivity index (χ4n) is 1.17. The molecule has 98 valence electrons. The van der Waals surface area contributed by atoms with Crippen LogP contribution in [-0.4, -0.2) is 41.4 Å². The molecule has 0 radical (unpaired) electrons. The van der Waals surface area contributed by atoms with E-state index in [1.54, 1.807) is 0 Å². The Labute approximate surface area is 105 Å². The first-order chi connectivity index (χ1) is 7.74. The van der Waals surface area contributed by atoms with Gasteiger partial charge in [-0.2, -0.15) is 0 Å². The summed E-state index contributed by atoms with van der Waals surface area (Å²) in [5, 5.41) is 0. The maximum atomic E-state index is 5.67. The molecule has 0 fully saturated rings. The molecule has 0 aliphatic rings. The predicted molar refractivity (Wildman–Crippen MR) is 66.5 cm³/mol. The van der Waals surface area contributed by atoms with Gasteiger partial charge in [0.25, 0.3) is 0 Å². The van der Waals surface area contributed by atoms with E-state index in [4.69, 9.17) is 29.3 Å². The molecule has 4 nitrogen and oxygen atoms in total. The fourth-order valence-corrected chi connectivity index (χ4v) is 3.32. The van der Waals surface area contributed by atoms with Crippen LogP contribution in [-0.2, 0) is 17.7 Å². The number of alkyl halides is 1. The second-order valence-corrected chi connectivity index (χ2v) is 5.58. The summed E-state index contributed by atoms with van der Waals surface area (Å²) in [6.45, 7) is 7.87. The van der Waals surface area contributed by atoms with Gasteiger partial charge in [0.15, 0.2) is 0 Å². The van der Waals surface area contributed by atoms with Crippen molar-refractivity contribution >= 4 is 20.6 Å². The number of rotatable bonds is 11. The van der Waals surface area contributed by atoms with Gasteiger partial charge in [0, 0.05) is 32.3 Å². The molecule has 0 spiro atoms. The highest BCUT2D eigenvalue weighted by Gasteiger charge is 2.44. The zero-order valence-corrected chi connectivity index (χ0v) is 12.2. The highest BCUT2D eigenvalue weighted by atomic mass is 35.5. The Morgan fingerprint density at radius 1 is 0.812 bits per heavy atom. The lowest BCUT2D eigenvalue weighted by atomic mass is 10.4. The molecular weight excluding hydrogens is 248 g/mol. The van der Waals surface area contributed by atoms with Crippen LogP contribution in [0.5, 0.6) is 0 Å². The van der Waals surface area contributed by atoms with Crippen molar-refractivity contribution in [3.63, 3.8) is 0 Å². The van der Waals surface area contributed by atoms with E-state index < -0.39 is 9.05 Å². The summed E-state index contributed by atoms with van der Waals surface area (Å²) < 4.78 is 22.3. The average Bonchev–Trinajstić information content (AvgIpc) is 2.26. The standard InChI is InChI=1S/C10H23ClO4Si/c1-4-12-16(13-5-2,14-6-3)15-10-8-7-9-11/h4-10H2,1-3H3. The minimum absolute atomic E-state index is 0.529. The lowest BCUT2D eigenvalue weighted by molar-refractivity contribution is -0.0278. The Hall–Kier alpha value is 0.347. The van der Waals surface area contributed by atoms with E-state index in [1.807, 2.05) is 20.8 Å². The summed E-state index contributed by atoms with van der Waals surface area (Å²) >= 11 is 5.60. The smallest absolute Gasteiger partial charge is 0.351 e. The molecule has 0 aromatic carbocycles. The molecule has 0 aliphatic carbocycles. The van der Waals surface area contributed by atoms with Crippen molar-refractivity contribution < 1.29 is 17.7 Å². The van der Waals surface area contributed by atoms with E-state index in [1.165, 1.54) is 0 Å². The molecule has 0 rings (SSSR count). The van der Waals surface area contributed by atoms with Crippen molar-refractivity contribution in [3.05, 3.63) is 0 Å². The van der Waals surface area contributed by atoms with Crippen LogP contribution in [0.2, 0.25) is 0 Å². The second-order valence-electron chi connectivity index (χ2n) is 3.04. The summed E-state index contributed by atoms with van der Waals surface area (Å²) in [5.41, 5.74) is 0. The van der Waals surface area contributed by atoms with Gasteiger partial charge < -0.3 is 17.7 Å². The molecule has 0 aromatic rings. The average molecular weight is 271 g/mol. The predicted octanol–water partition coefficient (Wildman–Crippen LogP) is 2.57.